The predicted octanol–water partition coefficient (Wildman–Crippen LogP) is 3.71. The molecular formula is C16H16N2O3S2. The van der Waals surface area contributed by atoms with Gasteiger partial charge in [-0.15, -0.1) is 22.7 Å². The third-order valence-electron chi connectivity index (χ3n) is 3.29. The number of nitrogens with one attached hydrogen (secondary N) is 1. The summed E-state index contributed by atoms with van der Waals surface area (Å²) < 4.78 is 5.16. The van der Waals surface area contributed by atoms with Crippen LogP contribution >= 0.6 is 22.7 Å². The lowest BCUT2D eigenvalue weighted by atomic mass is 10.1. The van der Waals surface area contributed by atoms with Gasteiger partial charge in [0, 0.05) is 12.5 Å². The lowest BCUT2D eigenvalue weighted by Gasteiger charge is -2.16. The van der Waals surface area contributed by atoms with Crippen LogP contribution in [-0.4, -0.2) is 22.0 Å². The summed E-state index contributed by atoms with van der Waals surface area (Å²) in [5.74, 6) is 0.327. The Morgan fingerprint density at radius 1 is 1.43 bits per heavy atom. The van der Waals surface area contributed by atoms with Crippen molar-refractivity contribution in [3.63, 3.8) is 0 Å². The normalized spacial score (nSPS) is 13.7. The summed E-state index contributed by atoms with van der Waals surface area (Å²) in [6.07, 6.45) is 2.76. The number of carbonyl (C=O) groups is 1. The zero-order valence-electron chi connectivity index (χ0n) is 12.4. The maximum absolute atomic E-state index is 12.3. The van der Waals surface area contributed by atoms with Crippen molar-refractivity contribution >= 4 is 28.6 Å². The number of rotatable bonds is 6. The number of hydrogen-bond acceptors (Lipinski definition) is 6. The lowest BCUT2D eigenvalue weighted by Crippen LogP contribution is -2.33. The summed E-state index contributed by atoms with van der Waals surface area (Å²) in [7, 11) is 0. The Kier molecular flexibility index (Phi) is 4.90. The molecule has 0 aliphatic carbocycles. The number of aliphatic hydroxyl groups excluding tert-OH is 1. The first kappa shape index (κ1) is 15.9. The molecule has 0 bridgehead atoms. The Morgan fingerprint density at radius 2 is 2.30 bits per heavy atom. The molecule has 0 spiro atoms. The minimum absolute atomic E-state index is 0.176. The van der Waals surface area contributed by atoms with Crippen LogP contribution in [0.25, 0.3) is 9.88 Å². The van der Waals surface area contributed by atoms with Gasteiger partial charge in [0.1, 0.15) is 21.7 Å². The Morgan fingerprint density at radius 3 is 3.00 bits per heavy atom. The van der Waals surface area contributed by atoms with Gasteiger partial charge < -0.3 is 14.8 Å². The van der Waals surface area contributed by atoms with E-state index in [9.17, 15) is 9.90 Å². The molecule has 3 aromatic rings. The number of nitrogens with zero attached hydrogens (tertiary/aromatic N) is 1. The summed E-state index contributed by atoms with van der Waals surface area (Å²) in [4.78, 5) is 18.2. The molecule has 0 fully saturated rings. The molecule has 0 aliphatic heterocycles. The fourth-order valence-corrected chi connectivity index (χ4v) is 3.80. The van der Waals surface area contributed by atoms with Gasteiger partial charge in [0.15, 0.2) is 0 Å². The van der Waals surface area contributed by atoms with E-state index in [1.807, 2.05) is 24.4 Å². The van der Waals surface area contributed by atoms with Crippen LogP contribution in [0.15, 0.2) is 46.5 Å². The molecule has 2 unspecified atom stereocenters. The Balaban J connectivity index is 1.58. The zero-order chi connectivity index (χ0) is 16.2. The van der Waals surface area contributed by atoms with Gasteiger partial charge in [-0.1, -0.05) is 6.07 Å². The number of aliphatic hydroxyl groups is 1. The Labute approximate surface area is 141 Å². The quantitative estimate of drug-likeness (QED) is 0.712. The van der Waals surface area contributed by atoms with E-state index in [0.717, 1.165) is 9.88 Å². The molecule has 3 heterocycles. The number of hydrogen-bond donors (Lipinski definition) is 2. The van der Waals surface area contributed by atoms with Crippen molar-refractivity contribution in [2.45, 2.75) is 25.5 Å². The van der Waals surface area contributed by atoms with Crippen molar-refractivity contribution in [1.82, 2.24) is 10.3 Å². The molecule has 2 atom stereocenters. The first-order valence-corrected chi connectivity index (χ1v) is 8.85. The van der Waals surface area contributed by atoms with Crippen LogP contribution < -0.4 is 5.32 Å². The highest BCUT2D eigenvalue weighted by Gasteiger charge is 2.18. The van der Waals surface area contributed by atoms with Gasteiger partial charge in [-0.2, -0.15) is 0 Å². The molecule has 0 aliphatic rings. The highest BCUT2D eigenvalue weighted by Crippen LogP contribution is 2.29. The average Bonchev–Trinajstić information content (AvgIpc) is 3.27. The molecule has 3 aromatic heterocycles. The number of thiazole rings is 1. The monoisotopic (exact) mass is 348 g/mol. The van der Waals surface area contributed by atoms with Gasteiger partial charge in [-0.25, -0.2) is 4.98 Å². The Hall–Kier alpha value is -1.96. The van der Waals surface area contributed by atoms with Crippen molar-refractivity contribution in [3.8, 4) is 9.88 Å². The van der Waals surface area contributed by atoms with Crippen LogP contribution in [0.1, 0.15) is 34.9 Å². The van der Waals surface area contributed by atoms with Gasteiger partial charge in [0.2, 0.25) is 0 Å². The largest absolute Gasteiger partial charge is 0.467 e. The number of aromatic nitrogens is 1. The van der Waals surface area contributed by atoms with Gasteiger partial charge >= 0.3 is 0 Å². The molecule has 0 saturated heterocycles. The van der Waals surface area contributed by atoms with E-state index in [2.05, 4.69) is 10.3 Å². The van der Waals surface area contributed by atoms with Crippen LogP contribution in [0.3, 0.4) is 0 Å². The van der Waals surface area contributed by atoms with Crippen molar-refractivity contribution < 1.29 is 14.3 Å². The second-order valence-electron chi connectivity index (χ2n) is 5.15. The van der Waals surface area contributed by atoms with Crippen molar-refractivity contribution in [2.75, 3.05) is 0 Å². The molecule has 0 radical (unpaired) electrons. The minimum atomic E-state index is -0.733. The summed E-state index contributed by atoms with van der Waals surface area (Å²) in [6, 6.07) is 7.20. The second kappa shape index (κ2) is 7.08. The van der Waals surface area contributed by atoms with E-state index < -0.39 is 6.10 Å². The van der Waals surface area contributed by atoms with Crippen LogP contribution in [0.4, 0.5) is 0 Å². The van der Waals surface area contributed by atoms with Crippen molar-refractivity contribution in [2.24, 2.45) is 0 Å². The van der Waals surface area contributed by atoms with E-state index in [1.54, 1.807) is 29.7 Å². The first-order valence-electron chi connectivity index (χ1n) is 7.15. The fraction of sp³-hybridized carbons (Fsp3) is 0.250. The van der Waals surface area contributed by atoms with E-state index in [-0.39, 0.29) is 11.9 Å². The van der Waals surface area contributed by atoms with Crippen molar-refractivity contribution in [3.05, 3.63) is 52.7 Å². The number of furan rings is 1. The zero-order valence-corrected chi connectivity index (χ0v) is 14.1. The minimum Gasteiger partial charge on any atom is -0.467 e. The predicted molar refractivity (Wildman–Crippen MR) is 90.6 cm³/mol. The summed E-state index contributed by atoms with van der Waals surface area (Å²) in [5, 5.41) is 15.7. The number of amides is 1. The number of thiophene rings is 1. The van der Waals surface area contributed by atoms with Gasteiger partial charge in [0.25, 0.3) is 5.91 Å². The van der Waals surface area contributed by atoms with Gasteiger partial charge in [0.05, 0.1) is 17.3 Å². The average molecular weight is 348 g/mol. The van der Waals surface area contributed by atoms with Crippen LogP contribution in [0.5, 0.6) is 0 Å². The summed E-state index contributed by atoms with van der Waals surface area (Å²) >= 11 is 2.96. The fourth-order valence-electron chi connectivity index (χ4n) is 2.18. The van der Waals surface area contributed by atoms with Crippen LogP contribution in [0, 0.1) is 0 Å². The van der Waals surface area contributed by atoms with E-state index in [0.29, 0.717) is 17.1 Å². The molecule has 3 rings (SSSR count). The molecule has 0 saturated carbocycles. The van der Waals surface area contributed by atoms with E-state index in [1.165, 1.54) is 17.6 Å². The molecule has 23 heavy (non-hydrogen) atoms. The molecular weight excluding hydrogens is 332 g/mol. The number of carbonyl (C=O) groups excluding carboxylic acids is 1. The van der Waals surface area contributed by atoms with Crippen LogP contribution in [-0.2, 0) is 0 Å². The highest BCUT2D eigenvalue weighted by molar-refractivity contribution is 7.21. The lowest BCUT2D eigenvalue weighted by molar-refractivity contribution is 0.0907. The topological polar surface area (TPSA) is 75.4 Å². The van der Waals surface area contributed by atoms with E-state index >= 15 is 0 Å². The van der Waals surface area contributed by atoms with Crippen LogP contribution in [0.2, 0.25) is 0 Å². The van der Waals surface area contributed by atoms with E-state index in [4.69, 9.17) is 4.42 Å². The first-order chi connectivity index (χ1) is 11.1. The summed E-state index contributed by atoms with van der Waals surface area (Å²) in [6.45, 7) is 1.85. The molecule has 2 N–H and O–H groups in total. The van der Waals surface area contributed by atoms with Gasteiger partial charge in [-0.3, -0.25) is 4.79 Å². The smallest absolute Gasteiger partial charge is 0.263 e. The standard InChI is InChI=1S/C16H16N2O3S2/c1-10(8-11(19)12-4-2-6-21-12)18-15(20)14-9-17-16(23-14)13-5-3-7-22-13/h2-7,9-11,19H,8H2,1H3,(H,18,20). The molecule has 5 nitrogen and oxygen atoms in total. The second-order valence-corrected chi connectivity index (χ2v) is 7.13. The Bertz CT molecular complexity index is 750. The SMILES string of the molecule is CC(CC(O)c1ccco1)NC(=O)c1cnc(-c2cccs2)s1. The molecule has 0 aromatic carbocycles. The molecule has 7 heteroatoms. The maximum Gasteiger partial charge on any atom is 0.263 e. The summed E-state index contributed by atoms with van der Waals surface area (Å²) in [5.41, 5.74) is 0. The van der Waals surface area contributed by atoms with Crippen molar-refractivity contribution in [1.29, 1.82) is 0 Å². The maximum atomic E-state index is 12.3. The highest BCUT2D eigenvalue weighted by atomic mass is 32.1. The third-order valence-corrected chi connectivity index (χ3v) is 5.32. The third kappa shape index (κ3) is 3.87. The van der Waals surface area contributed by atoms with Gasteiger partial charge in [-0.05, 0) is 30.5 Å². The molecule has 1 amide bonds. The molecule has 120 valence electrons.